The van der Waals surface area contributed by atoms with E-state index in [9.17, 15) is 4.79 Å². The molecule has 2 atom stereocenters. The highest BCUT2D eigenvalue weighted by molar-refractivity contribution is 5.71. The minimum atomic E-state index is -0.726. The number of carboxylic acids is 1. The average molecular weight is 267 g/mol. The van der Waals surface area contributed by atoms with Crippen LogP contribution in [0.4, 0.5) is 0 Å². The van der Waals surface area contributed by atoms with Crippen LogP contribution in [-0.2, 0) is 16.8 Å². The predicted octanol–water partition coefficient (Wildman–Crippen LogP) is 1.66. The van der Waals surface area contributed by atoms with Crippen LogP contribution in [-0.4, -0.2) is 38.7 Å². The lowest BCUT2D eigenvalue weighted by atomic mass is 9.96. The molecule has 1 fully saturated rings. The predicted molar refractivity (Wildman–Crippen MR) is 68.6 cm³/mol. The van der Waals surface area contributed by atoms with E-state index in [1.54, 1.807) is 0 Å². The summed E-state index contributed by atoms with van der Waals surface area (Å²) >= 11 is 0. The number of carbonyl (C=O) groups is 1. The fraction of sp³-hybridized carbons (Fsp3) is 0.769. The van der Waals surface area contributed by atoms with Gasteiger partial charge < -0.3 is 9.63 Å². The van der Waals surface area contributed by atoms with Crippen molar-refractivity contribution in [1.82, 2.24) is 15.0 Å². The van der Waals surface area contributed by atoms with Gasteiger partial charge in [0.2, 0.25) is 5.89 Å². The molecule has 6 heteroatoms. The molecule has 0 saturated carbocycles. The van der Waals surface area contributed by atoms with E-state index in [1.807, 2.05) is 27.7 Å². The Bertz CT molecular complexity index is 464. The average Bonchev–Trinajstić information content (AvgIpc) is 2.87. The van der Waals surface area contributed by atoms with E-state index in [4.69, 9.17) is 9.63 Å². The van der Waals surface area contributed by atoms with Crippen molar-refractivity contribution >= 4 is 5.97 Å². The first-order valence-electron chi connectivity index (χ1n) is 6.59. The monoisotopic (exact) mass is 267 g/mol. The summed E-state index contributed by atoms with van der Waals surface area (Å²) < 4.78 is 5.25. The number of hydrogen-bond donors (Lipinski definition) is 1. The first-order valence-corrected chi connectivity index (χ1v) is 6.59. The van der Waals surface area contributed by atoms with Crippen molar-refractivity contribution in [2.75, 3.05) is 6.54 Å². The van der Waals surface area contributed by atoms with Gasteiger partial charge in [0.1, 0.15) is 0 Å². The van der Waals surface area contributed by atoms with Gasteiger partial charge in [-0.1, -0.05) is 25.9 Å². The maximum absolute atomic E-state index is 11.1. The van der Waals surface area contributed by atoms with Crippen LogP contribution in [0.5, 0.6) is 0 Å². The van der Waals surface area contributed by atoms with Gasteiger partial charge in [-0.2, -0.15) is 4.98 Å². The molecule has 0 radical (unpaired) electrons. The maximum Gasteiger partial charge on any atom is 0.308 e. The standard InChI is InChI=1S/C13H21N3O3/c1-8-9(11(17)18)5-6-16(8)7-10-14-12(15-19-10)13(2,3)4/h8-9H,5-7H2,1-4H3,(H,17,18). The van der Waals surface area contributed by atoms with Gasteiger partial charge in [-0.05, 0) is 19.9 Å². The summed E-state index contributed by atoms with van der Waals surface area (Å²) in [6.07, 6.45) is 0.677. The molecule has 2 heterocycles. The zero-order valence-corrected chi connectivity index (χ0v) is 11.9. The van der Waals surface area contributed by atoms with Crippen LogP contribution in [0.15, 0.2) is 4.52 Å². The molecule has 19 heavy (non-hydrogen) atoms. The van der Waals surface area contributed by atoms with Crippen molar-refractivity contribution in [1.29, 1.82) is 0 Å². The normalized spacial score (nSPS) is 24.8. The first-order chi connectivity index (χ1) is 8.79. The highest BCUT2D eigenvalue weighted by Crippen LogP contribution is 2.26. The van der Waals surface area contributed by atoms with Crippen molar-refractivity contribution in [2.45, 2.75) is 52.1 Å². The van der Waals surface area contributed by atoms with Gasteiger partial charge in [0, 0.05) is 11.5 Å². The summed E-state index contributed by atoms with van der Waals surface area (Å²) in [7, 11) is 0. The second kappa shape index (κ2) is 4.92. The molecule has 0 spiro atoms. The van der Waals surface area contributed by atoms with Crippen molar-refractivity contribution in [3.8, 4) is 0 Å². The van der Waals surface area contributed by atoms with Gasteiger partial charge in [-0.15, -0.1) is 0 Å². The minimum Gasteiger partial charge on any atom is -0.481 e. The highest BCUT2D eigenvalue weighted by atomic mass is 16.5. The zero-order valence-electron chi connectivity index (χ0n) is 11.9. The minimum absolute atomic E-state index is 0.00230. The molecular formula is C13H21N3O3. The Labute approximate surface area is 112 Å². The Morgan fingerprint density at radius 1 is 1.53 bits per heavy atom. The number of hydrogen-bond acceptors (Lipinski definition) is 5. The van der Waals surface area contributed by atoms with E-state index in [-0.39, 0.29) is 17.4 Å². The van der Waals surface area contributed by atoms with E-state index >= 15 is 0 Å². The zero-order chi connectivity index (χ0) is 14.2. The van der Waals surface area contributed by atoms with E-state index < -0.39 is 5.97 Å². The van der Waals surface area contributed by atoms with Gasteiger partial charge in [0.25, 0.3) is 0 Å². The Morgan fingerprint density at radius 3 is 2.68 bits per heavy atom. The lowest BCUT2D eigenvalue weighted by molar-refractivity contribution is -0.142. The van der Waals surface area contributed by atoms with Gasteiger partial charge in [0.05, 0.1) is 12.5 Å². The number of likely N-dealkylation sites (tertiary alicyclic amines) is 1. The lowest BCUT2D eigenvalue weighted by Crippen LogP contribution is -2.32. The number of rotatable bonds is 3. The second-order valence-corrected chi connectivity index (χ2v) is 6.21. The number of aromatic nitrogens is 2. The molecule has 2 rings (SSSR count). The molecule has 1 aliphatic rings. The topological polar surface area (TPSA) is 79.5 Å². The fourth-order valence-electron chi connectivity index (χ4n) is 2.35. The van der Waals surface area contributed by atoms with Crippen LogP contribution < -0.4 is 0 Å². The molecule has 1 aromatic rings. The van der Waals surface area contributed by atoms with Gasteiger partial charge >= 0.3 is 5.97 Å². The Balaban J connectivity index is 2.03. The molecule has 106 valence electrons. The van der Waals surface area contributed by atoms with Crippen LogP contribution in [0, 0.1) is 5.92 Å². The molecule has 1 aliphatic heterocycles. The van der Waals surface area contributed by atoms with Crippen LogP contribution in [0.2, 0.25) is 0 Å². The molecule has 1 saturated heterocycles. The van der Waals surface area contributed by atoms with E-state index in [0.29, 0.717) is 24.7 Å². The number of nitrogens with zero attached hydrogens (tertiary/aromatic N) is 3. The maximum atomic E-state index is 11.1. The Morgan fingerprint density at radius 2 is 2.21 bits per heavy atom. The summed E-state index contributed by atoms with van der Waals surface area (Å²) in [5.74, 6) is 0.216. The third kappa shape index (κ3) is 2.94. The largest absolute Gasteiger partial charge is 0.481 e. The van der Waals surface area contributed by atoms with Crippen LogP contribution in [0.25, 0.3) is 0 Å². The Hall–Kier alpha value is -1.43. The summed E-state index contributed by atoms with van der Waals surface area (Å²) in [6, 6.07) is 0.00230. The van der Waals surface area contributed by atoms with Crippen molar-refractivity contribution in [2.24, 2.45) is 5.92 Å². The van der Waals surface area contributed by atoms with Gasteiger partial charge in [-0.3, -0.25) is 9.69 Å². The van der Waals surface area contributed by atoms with Crippen molar-refractivity contribution < 1.29 is 14.4 Å². The van der Waals surface area contributed by atoms with Crippen molar-refractivity contribution in [3.63, 3.8) is 0 Å². The van der Waals surface area contributed by atoms with Gasteiger partial charge in [-0.25, -0.2) is 0 Å². The smallest absolute Gasteiger partial charge is 0.308 e. The third-order valence-electron chi connectivity index (χ3n) is 3.68. The van der Waals surface area contributed by atoms with Crippen molar-refractivity contribution in [3.05, 3.63) is 11.7 Å². The number of aliphatic carboxylic acids is 1. The summed E-state index contributed by atoms with van der Waals surface area (Å²) in [4.78, 5) is 17.5. The van der Waals surface area contributed by atoms with Crippen LogP contribution >= 0.6 is 0 Å². The number of carboxylic acid groups (broad SMARTS) is 1. The molecule has 2 unspecified atom stereocenters. The van der Waals surface area contributed by atoms with E-state index in [0.717, 1.165) is 6.54 Å². The second-order valence-electron chi connectivity index (χ2n) is 6.21. The first kappa shape index (κ1) is 14.0. The molecule has 0 bridgehead atoms. The molecular weight excluding hydrogens is 246 g/mol. The fourth-order valence-corrected chi connectivity index (χ4v) is 2.35. The highest BCUT2D eigenvalue weighted by Gasteiger charge is 2.36. The molecule has 0 amide bonds. The third-order valence-corrected chi connectivity index (χ3v) is 3.68. The summed E-state index contributed by atoms with van der Waals surface area (Å²) in [5.41, 5.74) is -0.137. The molecule has 0 aromatic carbocycles. The SMILES string of the molecule is CC1C(C(=O)O)CCN1Cc1nc(C(C)(C)C)no1. The molecule has 1 aromatic heterocycles. The van der Waals surface area contributed by atoms with E-state index in [2.05, 4.69) is 15.0 Å². The van der Waals surface area contributed by atoms with Crippen LogP contribution in [0.3, 0.4) is 0 Å². The summed E-state index contributed by atoms with van der Waals surface area (Å²) in [5, 5.41) is 13.1. The lowest BCUT2D eigenvalue weighted by Gasteiger charge is -2.20. The molecule has 0 aliphatic carbocycles. The Kier molecular flexibility index (Phi) is 3.62. The van der Waals surface area contributed by atoms with Gasteiger partial charge in [0.15, 0.2) is 5.82 Å². The van der Waals surface area contributed by atoms with Crippen LogP contribution in [0.1, 0.15) is 45.8 Å². The molecule has 1 N–H and O–H groups in total. The molecule has 6 nitrogen and oxygen atoms in total. The summed E-state index contributed by atoms with van der Waals surface area (Å²) in [6.45, 7) is 9.30. The van der Waals surface area contributed by atoms with E-state index in [1.165, 1.54) is 0 Å². The quantitative estimate of drug-likeness (QED) is 0.897.